The quantitative estimate of drug-likeness (QED) is 0.543. The van der Waals surface area contributed by atoms with E-state index in [-0.39, 0.29) is 11.6 Å². The van der Waals surface area contributed by atoms with Crippen molar-refractivity contribution in [2.45, 2.75) is 38.3 Å². The fourth-order valence-electron chi connectivity index (χ4n) is 1.40. The van der Waals surface area contributed by atoms with Gasteiger partial charge in [0.1, 0.15) is 0 Å². The van der Waals surface area contributed by atoms with E-state index in [0.29, 0.717) is 0 Å². The highest BCUT2D eigenvalue weighted by molar-refractivity contribution is 7.79. The highest BCUT2D eigenvalue weighted by Crippen LogP contribution is 2.21. The van der Waals surface area contributed by atoms with Crippen LogP contribution in [0.15, 0.2) is 23.8 Å². The van der Waals surface area contributed by atoms with E-state index in [4.69, 9.17) is 29.0 Å². The summed E-state index contributed by atoms with van der Waals surface area (Å²) < 4.78 is 31.6. The predicted molar refractivity (Wildman–Crippen MR) is 66.9 cm³/mol. The summed E-state index contributed by atoms with van der Waals surface area (Å²) in [5, 5.41) is 0. The van der Waals surface area contributed by atoms with E-state index >= 15 is 0 Å². The van der Waals surface area contributed by atoms with Gasteiger partial charge < -0.3 is 11.5 Å². The van der Waals surface area contributed by atoms with Gasteiger partial charge in [-0.25, -0.2) is 0 Å². The Morgan fingerprint density at radius 3 is 2.18 bits per heavy atom. The molecule has 0 bridgehead atoms. The van der Waals surface area contributed by atoms with Crippen LogP contribution in [-0.4, -0.2) is 29.1 Å². The van der Waals surface area contributed by atoms with Crippen molar-refractivity contribution in [3.8, 4) is 0 Å². The van der Waals surface area contributed by atoms with E-state index in [1.165, 1.54) is 5.57 Å². The molecule has 2 atom stereocenters. The van der Waals surface area contributed by atoms with E-state index in [0.717, 1.165) is 12.8 Å². The monoisotopic (exact) mass is 264 g/mol. The van der Waals surface area contributed by atoms with Gasteiger partial charge in [-0.05, 0) is 12.8 Å². The van der Waals surface area contributed by atoms with Crippen LogP contribution in [0.25, 0.3) is 0 Å². The average molecular weight is 264 g/mol. The molecule has 6 nitrogen and oxygen atoms in total. The topological polar surface area (TPSA) is 127 Å². The maximum Gasteiger partial charge on any atom is 0.394 e. The summed E-state index contributed by atoms with van der Waals surface area (Å²) in [4.78, 5) is 0. The van der Waals surface area contributed by atoms with Gasteiger partial charge in [0.05, 0.1) is 5.54 Å². The second-order valence-electron chi connectivity index (χ2n) is 3.87. The van der Waals surface area contributed by atoms with Gasteiger partial charge in [-0.15, -0.1) is 0 Å². The van der Waals surface area contributed by atoms with Gasteiger partial charge in [0.15, 0.2) is 0 Å². The Labute approximate surface area is 102 Å². The van der Waals surface area contributed by atoms with Crippen molar-refractivity contribution in [3.05, 3.63) is 23.8 Å². The Morgan fingerprint density at radius 2 is 1.88 bits per heavy atom. The molecule has 0 saturated carbocycles. The lowest BCUT2D eigenvalue weighted by Gasteiger charge is -2.32. The summed E-state index contributed by atoms with van der Waals surface area (Å²) in [7, 11) is -4.67. The molecular weight excluding hydrogens is 244 g/mol. The van der Waals surface area contributed by atoms with Crippen molar-refractivity contribution in [2.75, 3.05) is 0 Å². The summed E-state index contributed by atoms with van der Waals surface area (Å²) in [6.45, 7) is 4.19. The van der Waals surface area contributed by atoms with E-state index in [9.17, 15) is 0 Å². The Kier molecular flexibility index (Phi) is 6.00. The number of allylic oxidation sites excluding steroid dienone is 2. The molecule has 6 N–H and O–H groups in total. The standard InChI is InChI=1S/C10H18N2.H2O4S/c1-3-8-5-6-10(12,4-2)9(11)7-8;1-5(2,3)4/h5-7,9H,3-4,11-12H2,1-2H3;(H2,1,2,3,4). The average Bonchev–Trinajstić information content (AvgIpc) is 2.20. The molecule has 0 aliphatic heterocycles. The smallest absolute Gasteiger partial charge is 0.323 e. The van der Waals surface area contributed by atoms with E-state index < -0.39 is 10.4 Å². The number of hydrogen-bond donors (Lipinski definition) is 4. The van der Waals surface area contributed by atoms with Crippen molar-refractivity contribution in [3.63, 3.8) is 0 Å². The zero-order valence-corrected chi connectivity index (χ0v) is 10.8. The van der Waals surface area contributed by atoms with Gasteiger partial charge in [-0.2, -0.15) is 8.42 Å². The van der Waals surface area contributed by atoms with Crippen LogP contribution >= 0.6 is 0 Å². The first-order valence-corrected chi connectivity index (χ1v) is 6.66. The molecule has 0 saturated heterocycles. The van der Waals surface area contributed by atoms with E-state index in [1.807, 2.05) is 6.08 Å². The fourth-order valence-corrected chi connectivity index (χ4v) is 1.40. The molecule has 0 radical (unpaired) electrons. The molecule has 0 aromatic rings. The van der Waals surface area contributed by atoms with Crippen LogP contribution in [0.2, 0.25) is 0 Å². The van der Waals surface area contributed by atoms with Crippen molar-refractivity contribution in [2.24, 2.45) is 11.5 Å². The third-order valence-corrected chi connectivity index (χ3v) is 2.64. The van der Waals surface area contributed by atoms with Gasteiger partial charge in [-0.1, -0.05) is 37.6 Å². The van der Waals surface area contributed by atoms with E-state index in [1.54, 1.807) is 0 Å². The molecule has 2 unspecified atom stereocenters. The van der Waals surface area contributed by atoms with Crippen LogP contribution in [0.5, 0.6) is 0 Å². The summed E-state index contributed by atoms with van der Waals surface area (Å²) in [5.74, 6) is 0. The predicted octanol–water partition coefficient (Wildman–Crippen LogP) is 0.675. The van der Waals surface area contributed by atoms with Crippen LogP contribution < -0.4 is 11.5 Å². The minimum absolute atomic E-state index is 0.0255. The van der Waals surface area contributed by atoms with Gasteiger partial charge in [0, 0.05) is 6.04 Å². The van der Waals surface area contributed by atoms with Crippen LogP contribution in [0.4, 0.5) is 0 Å². The normalized spacial score (nSPS) is 28.1. The molecule has 1 aliphatic carbocycles. The number of rotatable bonds is 2. The minimum atomic E-state index is -4.67. The fraction of sp³-hybridized carbons (Fsp3) is 0.600. The zero-order valence-electron chi connectivity index (χ0n) is 10.00. The lowest BCUT2D eigenvalue weighted by atomic mass is 9.83. The molecule has 0 aromatic carbocycles. The maximum atomic E-state index is 8.74. The molecule has 1 aliphatic rings. The first-order chi connectivity index (χ1) is 7.62. The lowest BCUT2D eigenvalue weighted by Crippen LogP contribution is -2.53. The molecule has 7 heteroatoms. The Hall–Kier alpha value is -0.730. The molecular formula is C10H20N2O4S. The summed E-state index contributed by atoms with van der Waals surface area (Å²) in [5.41, 5.74) is 13.0. The van der Waals surface area contributed by atoms with Crippen LogP contribution in [0, 0.1) is 0 Å². The maximum absolute atomic E-state index is 8.74. The van der Waals surface area contributed by atoms with Crippen molar-refractivity contribution < 1.29 is 17.5 Å². The first-order valence-electron chi connectivity index (χ1n) is 5.26. The van der Waals surface area contributed by atoms with Gasteiger partial charge in [0.2, 0.25) is 0 Å². The van der Waals surface area contributed by atoms with E-state index in [2.05, 4.69) is 26.0 Å². The van der Waals surface area contributed by atoms with Gasteiger partial charge in [-0.3, -0.25) is 9.11 Å². The Balaban J connectivity index is 0.000000437. The molecule has 100 valence electrons. The summed E-state index contributed by atoms with van der Waals surface area (Å²) in [6.07, 6.45) is 8.12. The lowest BCUT2D eigenvalue weighted by molar-refractivity contribution is 0.381. The highest BCUT2D eigenvalue weighted by Gasteiger charge is 2.28. The summed E-state index contributed by atoms with van der Waals surface area (Å²) >= 11 is 0. The van der Waals surface area contributed by atoms with Crippen LogP contribution in [-0.2, 0) is 10.4 Å². The molecule has 0 spiro atoms. The second-order valence-corrected chi connectivity index (χ2v) is 4.76. The number of nitrogens with two attached hydrogens (primary N) is 2. The first kappa shape index (κ1) is 16.3. The minimum Gasteiger partial charge on any atom is -0.323 e. The second kappa shape index (κ2) is 6.27. The third kappa shape index (κ3) is 6.54. The highest BCUT2D eigenvalue weighted by atomic mass is 32.3. The van der Waals surface area contributed by atoms with Crippen molar-refractivity contribution in [1.29, 1.82) is 0 Å². The zero-order chi connectivity index (χ0) is 13.7. The molecule has 0 fully saturated rings. The molecule has 17 heavy (non-hydrogen) atoms. The molecule has 0 aromatic heterocycles. The van der Waals surface area contributed by atoms with Crippen molar-refractivity contribution in [1.82, 2.24) is 0 Å². The van der Waals surface area contributed by atoms with Gasteiger partial charge in [0.25, 0.3) is 0 Å². The van der Waals surface area contributed by atoms with Crippen LogP contribution in [0.3, 0.4) is 0 Å². The largest absolute Gasteiger partial charge is 0.394 e. The van der Waals surface area contributed by atoms with Gasteiger partial charge >= 0.3 is 10.4 Å². The Bertz CT molecular complexity index is 395. The molecule has 0 amide bonds. The SMILES string of the molecule is CCC1=CC(N)C(N)(CC)C=C1.O=S(=O)(O)O. The summed E-state index contributed by atoms with van der Waals surface area (Å²) in [6, 6.07) is -0.0255. The molecule has 0 heterocycles. The number of hydrogen-bond acceptors (Lipinski definition) is 4. The Morgan fingerprint density at radius 1 is 1.41 bits per heavy atom. The van der Waals surface area contributed by atoms with Crippen LogP contribution in [0.1, 0.15) is 26.7 Å². The van der Waals surface area contributed by atoms with Crippen molar-refractivity contribution >= 4 is 10.4 Å². The molecule has 1 rings (SSSR count). The third-order valence-electron chi connectivity index (χ3n) is 2.64.